The van der Waals surface area contributed by atoms with Gasteiger partial charge in [0.15, 0.2) is 11.5 Å². The molecule has 1 heterocycles. The maximum atomic E-state index is 10.00. The number of nitrogens with zero attached hydrogens (tertiary/aromatic N) is 1. The molecule has 1 saturated carbocycles. The van der Waals surface area contributed by atoms with Crippen LogP contribution in [0.2, 0.25) is 0 Å². The van der Waals surface area contributed by atoms with Gasteiger partial charge in [-0.15, -0.1) is 0 Å². The molecule has 2 aliphatic rings. The van der Waals surface area contributed by atoms with E-state index in [9.17, 15) is 5.11 Å². The molecule has 1 N–H and O–H groups in total. The van der Waals surface area contributed by atoms with Gasteiger partial charge in [0.25, 0.3) is 0 Å². The van der Waals surface area contributed by atoms with Crippen LogP contribution in [-0.2, 0) is 6.54 Å². The van der Waals surface area contributed by atoms with Crippen LogP contribution in [0.5, 0.6) is 11.5 Å². The highest BCUT2D eigenvalue weighted by molar-refractivity contribution is 5.44. The van der Waals surface area contributed by atoms with E-state index >= 15 is 0 Å². The average Bonchev–Trinajstić information content (AvgIpc) is 3.38. The molecule has 0 radical (unpaired) electrons. The molecule has 0 bridgehead atoms. The van der Waals surface area contributed by atoms with Gasteiger partial charge in [-0.25, -0.2) is 0 Å². The summed E-state index contributed by atoms with van der Waals surface area (Å²) in [5, 5.41) is 10.00. The molecule has 2 unspecified atom stereocenters. The second kappa shape index (κ2) is 8.97. The van der Waals surface area contributed by atoms with Crippen LogP contribution in [0.15, 0.2) is 48.5 Å². The molecule has 2 aromatic carbocycles. The number of aliphatic hydroxyl groups is 1. The van der Waals surface area contributed by atoms with Crippen LogP contribution in [0.1, 0.15) is 42.7 Å². The fraction of sp³-hybridized carbons (Fsp3) is 0.500. The fourth-order valence-electron chi connectivity index (χ4n) is 4.70. The van der Waals surface area contributed by atoms with Crippen molar-refractivity contribution in [3.05, 3.63) is 59.7 Å². The standard InChI is InChI=1S/C24H31NO3/c1-27-23-12-11-19(13-24(23)28-21-9-5-6-10-21)22-16-25(15-20(22)17-26)14-18-7-3-2-4-8-18/h2-4,7-8,11-13,20-22,26H,5-6,9-10,14-17H2,1H3. The monoisotopic (exact) mass is 381 g/mol. The maximum Gasteiger partial charge on any atom is 0.161 e. The first kappa shape index (κ1) is 19.3. The minimum Gasteiger partial charge on any atom is -0.493 e. The predicted molar refractivity (Wildman–Crippen MR) is 111 cm³/mol. The zero-order chi connectivity index (χ0) is 19.3. The highest BCUT2D eigenvalue weighted by Crippen LogP contribution is 2.39. The molecule has 4 heteroatoms. The number of ether oxygens (including phenoxy) is 2. The number of aliphatic hydroxyl groups excluding tert-OH is 1. The van der Waals surface area contributed by atoms with E-state index in [1.807, 2.05) is 6.07 Å². The molecular weight excluding hydrogens is 350 g/mol. The third-order valence-corrected chi connectivity index (χ3v) is 6.21. The molecule has 1 aliphatic carbocycles. The van der Waals surface area contributed by atoms with Gasteiger partial charge >= 0.3 is 0 Å². The SMILES string of the molecule is COc1ccc(C2CN(Cc3ccccc3)CC2CO)cc1OC1CCCC1. The summed E-state index contributed by atoms with van der Waals surface area (Å²) in [6, 6.07) is 16.9. The highest BCUT2D eigenvalue weighted by atomic mass is 16.5. The quantitative estimate of drug-likeness (QED) is 0.780. The third kappa shape index (κ3) is 4.34. The highest BCUT2D eigenvalue weighted by Gasteiger charge is 2.34. The Morgan fingerprint density at radius 1 is 1.00 bits per heavy atom. The lowest BCUT2D eigenvalue weighted by Crippen LogP contribution is -2.20. The van der Waals surface area contributed by atoms with E-state index in [2.05, 4.69) is 47.4 Å². The zero-order valence-corrected chi connectivity index (χ0v) is 16.7. The largest absolute Gasteiger partial charge is 0.493 e. The summed E-state index contributed by atoms with van der Waals surface area (Å²) < 4.78 is 11.8. The van der Waals surface area contributed by atoms with Gasteiger partial charge in [-0.2, -0.15) is 0 Å². The molecule has 150 valence electrons. The molecule has 2 aromatic rings. The van der Waals surface area contributed by atoms with Crippen molar-refractivity contribution in [2.24, 2.45) is 5.92 Å². The Bertz CT molecular complexity index is 758. The minimum atomic E-state index is 0.209. The van der Waals surface area contributed by atoms with E-state index in [0.717, 1.165) is 44.0 Å². The molecule has 4 rings (SSSR count). The van der Waals surface area contributed by atoms with Gasteiger partial charge in [-0.3, -0.25) is 4.90 Å². The summed E-state index contributed by atoms with van der Waals surface area (Å²) in [4.78, 5) is 2.45. The Balaban J connectivity index is 1.51. The lowest BCUT2D eigenvalue weighted by molar-refractivity contribution is 0.199. The summed E-state index contributed by atoms with van der Waals surface area (Å²) in [6.45, 7) is 3.01. The molecule has 0 spiro atoms. The first-order chi connectivity index (χ1) is 13.8. The predicted octanol–water partition coefficient (Wildman–Crippen LogP) is 4.22. The van der Waals surface area contributed by atoms with Crippen molar-refractivity contribution in [1.29, 1.82) is 0 Å². The Morgan fingerprint density at radius 2 is 1.79 bits per heavy atom. The van der Waals surface area contributed by atoms with Crippen molar-refractivity contribution < 1.29 is 14.6 Å². The normalized spacial score (nSPS) is 23.2. The van der Waals surface area contributed by atoms with Crippen molar-refractivity contribution in [2.45, 2.75) is 44.2 Å². The van der Waals surface area contributed by atoms with Gasteiger partial charge in [0.05, 0.1) is 13.2 Å². The van der Waals surface area contributed by atoms with Gasteiger partial charge in [0, 0.05) is 38.1 Å². The van der Waals surface area contributed by atoms with E-state index in [-0.39, 0.29) is 12.5 Å². The van der Waals surface area contributed by atoms with Crippen LogP contribution in [0.3, 0.4) is 0 Å². The van der Waals surface area contributed by atoms with Crippen LogP contribution in [0, 0.1) is 5.92 Å². The van der Waals surface area contributed by atoms with Crippen LogP contribution in [-0.4, -0.2) is 42.9 Å². The molecule has 2 atom stereocenters. The van der Waals surface area contributed by atoms with Crippen molar-refractivity contribution >= 4 is 0 Å². The summed E-state index contributed by atoms with van der Waals surface area (Å²) in [5.41, 5.74) is 2.56. The molecular formula is C24H31NO3. The van der Waals surface area contributed by atoms with Crippen LogP contribution in [0.4, 0.5) is 0 Å². The lowest BCUT2D eigenvalue weighted by Gasteiger charge is -2.21. The Hall–Kier alpha value is -2.04. The molecule has 1 aliphatic heterocycles. The number of hydrogen-bond acceptors (Lipinski definition) is 4. The van der Waals surface area contributed by atoms with Gasteiger partial charge in [0.1, 0.15) is 0 Å². The zero-order valence-electron chi connectivity index (χ0n) is 16.7. The summed E-state index contributed by atoms with van der Waals surface area (Å²) in [7, 11) is 1.70. The van der Waals surface area contributed by atoms with Crippen LogP contribution < -0.4 is 9.47 Å². The third-order valence-electron chi connectivity index (χ3n) is 6.21. The first-order valence-corrected chi connectivity index (χ1v) is 10.5. The summed E-state index contributed by atoms with van der Waals surface area (Å²) in [5.74, 6) is 2.21. The Labute approximate surface area is 168 Å². The van der Waals surface area contributed by atoms with Gasteiger partial charge < -0.3 is 14.6 Å². The van der Waals surface area contributed by atoms with E-state index in [1.165, 1.54) is 24.0 Å². The van der Waals surface area contributed by atoms with E-state index < -0.39 is 0 Å². The molecule has 0 amide bonds. The molecule has 1 saturated heterocycles. The van der Waals surface area contributed by atoms with Gasteiger partial charge in [-0.05, 0) is 48.9 Å². The maximum absolute atomic E-state index is 10.00. The first-order valence-electron chi connectivity index (χ1n) is 10.5. The number of hydrogen-bond donors (Lipinski definition) is 1. The second-order valence-corrected chi connectivity index (χ2v) is 8.16. The number of rotatable bonds is 7. The van der Waals surface area contributed by atoms with Crippen LogP contribution >= 0.6 is 0 Å². The molecule has 4 nitrogen and oxygen atoms in total. The van der Waals surface area contributed by atoms with Crippen LogP contribution in [0.25, 0.3) is 0 Å². The molecule has 2 fully saturated rings. The van der Waals surface area contributed by atoms with E-state index in [1.54, 1.807) is 7.11 Å². The lowest BCUT2D eigenvalue weighted by atomic mass is 9.89. The van der Waals surface area contributed by atoms with Crippen molar-refractivity contribution in [2.75, 3.05) is 26.8 Å². The van der Waals surface area contributed by atoms with E-state index in [4.69, 9.17) is 9.47 Å². The Morgan fingerprint density at radius 3 is 2.50 bits per heavy atom. The number of likely N-dealkylation sites (tertiary alicyclic amines) is 1. The van der Waals surface area contributed by atoms with Crippen molar-refractivity contribution in [1.82, 2.24) is 4.90 Å². The average molecular weight is 382 g/mol. The Kier molecular flexibility index (Phi) is 6.18. The second-order valence-electron chi connectivity index (χ2n) is 8.16. The topological polar surface area (TPSA) is 41.9 Å². The van der Waals surface area contributed by atoms with E-state index in [0.29, 0.717) is 12.0 Å². The summed E-state index contributed by atoms with van der Waals surface area (Å²) >= 11 is 0. The molecule has 28 heavy (non-hydrogen) atoms. The number of methoxy groups -OCH3 is 1. The number of benzene rings is 2. The minimum absolute atomic E-state index is 0.209. The van der Waals surface area contributed by atoms with Gasteiger partial charge in [0.2, 0.25) is 0 Å². The summed E-state index contributed by atoms with van der Waals surface area (Å²) in [6.07, 6.45) is 5.05. The van der Waals surface area contributed by atoms with Crippen molar-refractivity contribution in [3.8, 4) is 11.5 Å². The molecule has 0 aromatic heterocycles. The van der Waals surface area contributed by atoms with Gasteiger partial charge in [-0.1, -0.05) is 36.4 Å². The smallest absolute Gasteiger partial charge is 0.161 e. The van der Waals surface area contributed by atoms with Crippen molar-refractivity contribution in [3.63, 3.8) is 0 Å². The fourth-order valence-corrected chi connectivity index (χ4v) is 4.70.